The number of aromatic nitrogens is 2. The SMILES string of the molecule is OCCC1(CNCc2cnccn2)CC1. The summed E-state index contributed by atoms with van der Waals surface area (Å²) in [4.78, 5) is 8.20. The average molecular weight is 207 g/mol. The monoisotopic (exact) mass is 207 g/mol. The van der Waals surface area contributed by atoms with E-state index in [0.717, 1.165) is 25.2 Å². The highest BCUT2D eigenvalue weighted by Gasteiger charge is 2.41. The summed E-state index contributed by atoms with van der Waals surface area (Å²) in [5.41, 5.74) is 1.34. The molecule has 2 rings (SSSR count). The second-order valence-electron chi connectivity index (χ2n) is 4.27. The van der Waals surface area contributed by atoms with Crippen molar-refractivity contribution >= 4 is 0 Å². The molecule has 82 valence electrons. The van der Waals surface area contributed by atoms with Crippen LogP contribution in [0.25, 0.3) is 0 Å². The molecule has 4 heteroatoms. The van der Waals surface area contributed by atoms with E-state index >= 15 is 0 Å². The third-order valence-corrected chi connectivity index (χ3v) is 3.02. The molecule has 1 fully saturated rings. The van der Waals surface area contributed by atoms with Gasteiger partial charge in [0.2, 0.25) is 0 Å². The largest absolute Gasteiger partial charge is 0.396 e. The lowest BCUT2D eigenvalue weighted by molar-refractivity contribution is 0.245. The van der Waals surface area contributed by atoms with Gasteiger partial charge in [0.1, 0.15) is 0 Å². The lowest BCUT2D eigenvalue weighted by Gasteiger charge is -2.13. The Morgan fingerprint density at radius 1 is 1.40 bits per heavy atom. The van der Waals surface area contributed by atoms with Crippen molar-refractivity contribution in [3.05, 3.63) is 24.3 Å². The highest BCUT2D eigenvalue weighted by Crippen LogP contribution is 2.47. The van der Waals surface area contributed by atoms with Crippen LogP contribution in [0.5, 0.6) is 0 Å². The third kappa shape index (κ3) is 2.97. The normalized spacial score (nSPS) is 17.7. The number of aliphatic hydroxyl groups is 1. The molecule has 1 aromatic heterocycles. The molecular formula is C11H17N3O. The number of hydrogen-bond acceptors (Lipinski definition) is 4. The van der Waals surface area contributed by atoms with E-state index in [9.17, 15) is 0 Å². The zero-order chi connectivity index (χ0) is 10.6. The number of hydrogen-bond donors (Lipinski definition) is 2. The van der Waals surface area contributed by atoms with Crippen LogP contribution in [0, 0.1) is 5.41 Å². The van der Waals surface area contributed by atoms with Gasteiger partial charge in [-0.3, -0.25) is 9.97 Å². The summed E-state index contributed by atoms with van der Waals surface area (Å²) in [7, 11) is 0. The Labute approximate surface area is 89.8 Å². The van der Waals surface area contributed by atoms with Gasteiger partial charge in [0, 0.05) is 38.3 Å². The van der Waals surface area contributed by atoms with E-state index in [0.29, 0.717) is 12.0 Å². The highest BCUT2D eigenvalue weighted by molar-refractivity contribution is 4.97. The summed E-state index contributed by atoms with van der Waals surface area (Å²) in [5, 5.41) is 12.3. The summed E-state index contributed by atoms with van der Waals surface area (Å²) in [6.45, 7) is 2.04. The average Bonchev–Trinajstić information content (AvgIpc) is 3.00. The lowest BCUT2D eigenvalue weighted by atomic mass is 10.0. The summed E-state index contributed by atoms with van der Waals surface area (Å²) in [6, 6.07) is 0. The molecule has 4 nitrogen and oxygen atoms in total. The minimum Gasteiger partial charge on any atom is -0.396 e. The maximum atomic E-state index is 8.91. The van der Waals surface area contributed by atoms with Crippen molar-refractivity contribution in [1.29, 1.82) is 0 Å². The Kier molecular flexibility index (Phi) is 3.28. The first-order valence-corrected chi connectivity index (χ1v) is 5.41. The molecule has 0 spiro atoms. The smallest absolute Gasteiger partial charge is 0.0724 e. The summed E-state index contributed by atoms with van der Waals surface area (Å²) in [5.74, 6) is 0. The first-order valence-electron chi connectivity index (χ1n) is 5.41. The molecule has 1 aliphatic rings. The number of aliphatic hydroxyl groups excluding tert-OH is 1. The number of nitrogens with zero attached hydrogens (tertiary/aromatic N) is 2. The van der Waals surface area contributed by atoms with Gasteiger partial charge in [0.15, 0.2) is 0 Å². The Morgan fingerprint density at radius 3 is 2.87 bits per heavy atom. The van der Waals surface area contributed by atoms with Gasteiger partial charge < -0.3 is 10.4 Å². The van der Waals surface area contributed by atoms with Crippen LogP contribution in [0.2, 0.25) is 0 Å². The Morgan fingerprint density at radius 2 is 2.27 bits per heavy atom. The Bertz CT molecular complexity index is 298. The van der Waals surface area contributed by atoms with Gasteiger partial charge in [-0.25, -0.2) is 0 Å². The standard InChI is InChI=1S/C11H17N3O/c15-6-3-11(1-2-11)9-13-8-10-7-12-4-5-14-10/h4-5,7,13,15H,1-3,6,8-9H2. The molecule has 2 N–H and O–H groups in total. The molecule has 0 aromatic carbocycles. The fourth-order valence-electron chi connectivity index (χ4n) is 1.81. The Balaban J connectivity index is 1.71. The molecule has 0 atom stereocenters. The second-order valence-corrected chi connectivity index (χ2v) is 4.27. The fourth-order valence-corrected chi connectivity index (χ4v) is 1.81. The van der Waals surface area contributed by atoms with Gasteiger partial charge in [-0.1, -0.05) is 0 Å². The summed E-state index contributed by atoms with van der Waals surface area (Å²) < 4.78 is 0. The fraction of sp³-hybridized carbons (Fsp3) is 0.636. The second kappa shape index (κ2) is 4.68. The quantitative estimate of drug-likeness (QED) is 0.722. The molecular weight excluding hydrogens is 190 g/mol. The third-order valence-electron chi connectivity index (χ3n) is 3.02. The highest BCUT2D eigenvalue weighted by atomic mass is 16.3. The van der Waals surface area contributed by atoms with Crippen LogP contribution in [-0.2, 0) is 6.54 Å². The van der Waals surface area contributed by atoms with Crippen molar-refractivity contribution in [1.82, 2.24) is 15.3 Å². The van der Waals surface area contributed by atoms with E-state index in [1.807, 2.05) is 0 Å². The van der Waals surface area contributed by atoms with Crippen LogP contribution in [0.1, 0.15) is 25.0 Å². The molecule has 0 radical (unpaired) electrons. The van der Waals surface area contributed by atoms with Crippen molar-refractivity contribution in [2.75, 3.05) is 13.2 Å². The zero-order valence-electron chi connectivity index (χ0n) is 8.82. The van der Waals surface area contributed by atoms with Crippen molar-refractivity contribution in [2.45, 2.75) is 25.8 Å². The van der Waals surface area contributed by atoms with Crippen LogP contribution in [0.4, 0.5) is 0 Å². The van der Waals surface area contributed by atoms with Gasteiger partial charge in [-0.2, -0.15) is 0 Å². The lowest BCUT2D eigenvalue weighted by Crippen LogP contribution is -2.24. The predicted octanol–water partition coefficient (Wildman–Crippen LogP) is 0.729. The van der Waals surface area contributed by atoms with E-state index in [1.54, 1.807) is 18.6 Å². The van der Waals surface area contributed by atoms with E-state index in [-0.39, 0.29) is 0 Å². The molecule has 15 heavy (non-hydrogen) atoms. The molecule has 0 amide bonds. The van der Waals surface area contributed by atoms with Crippen LogP contribution in [0.3, 0.4) is 0 Å². The topological polar surface area (TPSA) is 58.0 Å². The van der Waals surface area contributed by atoms with Gasteiger partial charge >= 0.3 is 0 Å². The zero-order valence-corrected chi connectivity index (χ0v) is 8.82. The number of rotatable bonds is 6. The summed E-state index contributed by atoms with van der Waals surface area (Å²) >= 11 is 0. The van der Waals surface area contributed by atoms with Gasteiger partial charge in [-0.15, -0.1) is 0 Å². The predicted molar refractivity (Wildman–Crippen MR) is 57.1 cm³/mol. The Hall–Kier alpha value is -1.00. The van der Waals surface area contributed by atoms with E-state index in [2.05, 4.69) is 15.3 Å². The molecule has 0 aliphatic heterocycles. The first-order chi connectivity index (χ1) is 7.35. The molecule has 0 saturated heterocycles. The van der Waals surface area contributed by atoms with Gasteiger partial charge in [0.25, 0.3) is 0 Å². The van der Waals surface area contributed by atoms with Crippen LogP contribution >= 0.6 is 0 Å². The van der Waals surface area contributed by atoms with E-state index < -0.39 is 0 Å². The van der Waals surface area contributed by atoms with Gasteiger partial charge in [0.05, 0.1) is 5.69 Å². The van der Waals surface area contributed by atoms with Crippen molar-refractivity contribution in [3.63, 3.8) is 0 Å². The maximum Gasteiger partial charge on any atom is 0.0724 e. The number of nitrogens with one attached hydrogen (secondary N) is 1. The maximum absolute atomic E-state index is 8.91. The minimum absolute atomic E-state index is 0.298. The molecule has 0 bridgehead atoms. The first kappa shape index (κ1) is 10.5. The minimum atomic E-state index is 0.298. The molecule has 1 aromatic rings. The molecule has 1 aliphatic carbocycles. The van der Waals surface area contributed by atoms with Gasteiger partial charge in [-0.05, 0) is 24.7 Å². The van der Waals surface area contributed by atoms with Crippen LogP contribution < -0.4 is 5.32 Å². The van der Waals surface area contributed by atoms with Crippen molar-refractivity contribution in [2.24, 2.45) is 5.41 Å². The van der Waals surface area contributed by atoms with Crippen molar-refractivity contribution < 1.29 is 5.11 Å². The van der Waals surface area contributed by atoms with E-state index in [1.165, 1.54) is 12.8 Å². The van der Waals surface area contributed by atoms with E-state index in [4.69, 9.17) is 5.11 Å². The van der Waals surface area contributed by atoms with Crippen LogP contribution in [-0.4, -0.2) is 28.2 Å². The summed E-state index contributed by atoms with van der Waals surface area (Å²) in [6.07, 6.45) is 8.55. The molecule has 1 heterocycles. The van der Waals surface area contributed by atoms with Crippen molar-refractivity contribution in [3.8, 4) is 0 Å². The molecule has 0 unspecified atom stereocenters. The van der Waals surface area contributed by atoms with Crippen LogP contribution in [0.15, 0.2) is 18.6 Å². The molecule has 1 saturated carbocycles.